The SMILES string of the molecule is CC(=O)N1[C@H](CCCCCCCCCCC2=CC(CCCCCCCCCC[C@@H]3CC[C@H](O)[C@H](C)N3C(C)=O)C3CCCN3C2)CC[C@H](O)[C@@H]1C. The molecule has 0 spiro atoms. The number of unbranched alkanes of at least 4 members (excludes halogenated alkanes) is 14. The number of nitrogens with zero attached hydrogens (tertiary/aromatic N) is 3. The fraction of sp³-hybridized carbons (Fsp3) is 0.909. The van der Waals surface area contributed by atoms with E-state index >= 15 is 0 Å². The third kappa shape index (κ3) is 13.4. The molecule has 4 aliphatic heterocycles. The minimum absolute atomic E-state index is 0.0426. The van der Waals surface area contributed by atoms with Crippen LogP contribution in [0.25, 0.3) is 0 Å². The van der Waals surface area contributed by atoms with Gasteiger partial charge in [0, 0.05) is 38.5 Å². The van der Waals surface area contributed by atoms with Crippen molar-refractivity contribution < 1.29 is 19.8 Å². The molecular formula is C44H79N3O4. The van der Waals surface area contributed by atoms with E-state index in [-0.39, 0.29) is 36.1 Å². The molecule has 0 bridgehead atoms. The Morgan fingerprint density at radius 1 is 0.608 bits per heavy atom. The largest absolute Gasteiger partial charge is 0.391 e. The molecule has 3 saturated heterocycles. The molecule has 7 nitrogen and oxygen atoms in total. The van der Waals surface area contributed by atoms with Gasteiger partial charge in [-0.05, 0) is 96.9 Å². The highest BCUT2D eigenvalue weighted by atomic mass is 16.3. The van der Waals surface area contributed by atoms with Gasteiger partial charge in [0.25, 0.3) is 0 Å². The van der Waals surface area contributed by atoms with Crippen LogP contribution in [-0.4, -0.2) is 92.2 Å². The summed E-state index contributed by atoms with van der Waals surface area (Å²) in [6.45, 7) is 9.84. The summed E-state index contributed by atoms with van der Waals surface area (Å²) in [6, 6.07) is 1.36. The second-order valence-corrected chi connectivity index (χ2v) is 17.4. The lowest BCUT2D eigenvalue weighted by molar-refractivity contribution is -0.141. The fourth-order valence-electron chi connectivity index (χ4n) is 10.5. The van der Waals surface area contributed by atoms with E-state index in [4.69, 9.17) is 0 Å². The van der Waals surface area contributed by atoms with Gasteiger partial charge in [-0.15, -0.1) is 0 Å². The van der Waals surface area contributed by atoms with Gasteiger partial charge in [-0.1, -0.05) is 108 Å². The van der Waals surface area contributed by atoms with E-state index in [1.54, 1.807) is 19.4 Å². The first-order valence-electron chi connectivity index (χ1n) is 22.0. The van der Waals surface area contributed by atoms with Gasteiger partial charge in [-0.25, -0.2) is 0 Å². The van der Waals surface area contributed by atoms with Gasteiger partial charge >= 0.3 is 0 Å². The molecule has 2 N–H and O–H groups in total. The quantitative estimate of drug-likeness (QED) is 0.0863. The molecule has 4 aliphatic rings. The molecule has 8 atom stereocenters. The Labute approximate surface area is 313 Å². The number of hydrogen-bond acceptors (Lipinski definition) is 5. The molecular weight excluding hydrogens is 635 g/mol. The minimum Gasteiger partial charge on any atom is -0.391 e. The van der Waals surface area contributed by atoms with Crippen molar-refractivity contribution in [3.63, 3.8) is 0 Å². The molecule has 2 amide bonds. The molecule has 4 rings (SSSR count). The molecule has 4 heterocycles. The van der Waals surface area contributed by atoms with Crippen molar-refractivity contribution >= 4 is 11.8 Å². The van der Waals surface area contributed by atoms with Crippen LogP contribution in [0.2, 0.25) is 0 Å². The third-order valence-electron chi connectivity index (χ3n) is 13.5. The molecule has 2 unspecified atom stereocenters. The molecule has 0 aromatic carbocycles. The van der Waals surface area contributed by atoms with Crippen molar-refractivity contribution in [3.05, 3.63) is 11.6 Å². The number of piperidine rings is 2. The Balaban J connectivity index is 0.997. The molecule has 294 valence electrons. The number of carbonyl (C=O) groups excluding carboxylic acids is 2. The summed E-state index contributed by atoms with van der Waals surface area (Å²) in [5.41, 5.74) is 1.73. The molecule has 0 radical (unpaired) electrons. The smallest absolute Gasteiger partial charge is 0.220 e. The van der Waals surface area contributed by atoms with Crippen LogP contribution in [0.15, 0.2) is 11.6 Å². The average molecular weight is 714 g/mol. The Hall–Kier alpha value is -1.44. The predicted molar refractivity (Wildman–Crippen MR) is 211 cm³/mol. The number of carbonyl (C=O) groups is 2. The number of aliphatic hydroxyl groups excluding tert-OH is 2. The zero-order chi connectivity index (χ0) is 36.6. The van der Waals surface area contributed by atoms with Gasteiger partial charge in [0.05, 0.1) is 24.3 Å². The van der Waals surface area contributed by atoms with E-state index < -0.39 is 0 Å². The molecule has 0 aliphatic carbocycles. The second kappa shape index (κ2) is 22.7. The Morgan fingerprint density at radius 2 is 1.04 bits per heavy atom. The molecule has 0 saturated carbocycles. The predicted octanol–water partition coefficient (Wildman–Crippen LogP) is 9.33. The van der Waals surface area contributed by atoms with Gasteiger partial charge in [0.2, 0.25) is 11.8 Å². The van der Waals surface area contributed by atoms with Crippen LogP contribution in [0.3, 0.4) is 0 Å². The van der Waals surface area contributed by atoms with E-state index in [2.05, 4.69) is 11.0 Å². The lowest BCUT2D eigenvalue weighted by Crippen LogP contribution is -2.53. The number of fused-ring (bicyclic) bond motifs is 1. The molecule has 7 heteroatoms. The zero-order valence-corrected chi connectivity index (χ0v) is 33.5. The van der Waals surface area contributed by atoms with Crippen molar-refractivity contribution in [2.24, 2.45) is 5.92 Å². The summed E-state index contributed by atoms with van der Waals surface area (Å²) in [5.74, 6) is 1.01. The van der Waals surface area contributed by atoms with Gasteiger partial charge in [-0.3, -0.25) is 14.5 Å². The van der Waals surface area contributed by atoms with Crippen molar-refractivity contribution in [1.82, 2.24) is 14.7 Å². The molecule has 0 aromatic rings. The molecule has 51 heavy (non-hydrogen) atoms. The van der Waals surface area contributed by atoms with Crippen LogP contribution >= 0.6 is 0 Å². The average Bonchev–Trinajstić information content (AvgIpc) is 3.58. The highest BCUT2D eigenvalue weighted by molar-refractivity contribution is 5.74. The second-order valence-electron chi connectivity index (χ2n) is 17.4. The summed E-state index contributed by atoms with van der Waals surface area (Å²) >= 11 is 0. The van der Waals surface area contributed by atoms with Gasteiger partial charge in [0.15, 0.2) is 0 Å². The van der Waals surface area contributed by atoms with Crippen LogP contribution in [0, 0.1) is 5.92 Å². The Morgan fingerprint density at radius 3 is 1.51 bits per heavy atom. The van der Waals surface area contributed by atoms with Crippen molar-refractivity contribution in [1.29, 1.82) is 0 Å². The summed E-state index contributed by atoms with van der Waals surface area (Å²) in [5, 5.41) is 20.4. The summed E-state index contributed by atoms with van der Waals surface area (Å²) in [7, 11) is 0. The van der Waals surface area contributed by atoms with Crippen LogP contribution in [-0.2, 0) is 9.59 Å². The van der Waals surface area contributed by atoms with Gasteiger partial charge in [0.1, 0.15) is 0 Å². The van der Waals surface area contributed by atoms with E-state index in [0.29, 0.717) is 12.1 Å². The van der Waals surface area contributed by atoms with Gasteiger partial charge < -0.3 is 20.0 Å². The lowest BCUT2D eigenvalue weighted by atomic mass is 9.85. The van der Waals surface area contributed by atoms with Gasteiger partial charge in [-0.2, -0.15) is 0 Å². The van der Waals surface area contributed by atoms with Crippen molar-refractivity contribution in [2.75, 3.05) is 13.1 Å². The molecule has 3 fully saturated rings. The number of aliphatic hydroxyl groups is 2. The van der Waals surface area contributed by atoms with E-state index in [0.717, 1.165) is 50.5 Å². The number of likely N-dealkylation sites (tertiary alicyclic amines) is 2. The highest BCUT2D eigenvalue weighted by Gasteiger charge is 2.36. The van der Waals surface area contributed by atoms with Crippen molar-refractivity contribution in [2.45, 2.75) is 237 Å². The lowest BCUT2D eigenvalue weighted by Gasteiger charge is -2.43. The normalized spacial score (nSPS) is 30.0. The van der Waals surface area contributed by atoms with Crippen LogP contribution < -0.4 is 0 Å². The summed E-state index contributed by atoms with van der Waals surface area (Å²) in [4.78, 5) is 31.0. The van der Waals surface area contributed by atoms with E-state index in [1.807, 2.05) is 23.6 Å². The fourth-order valence-corrected chi connectivity index (χ4v) is 10.5. The number of rotatable bonds is 22. The monoisotopic (exact) mass is 714 g/mol. The minimum atomic E-state index is -0.367. The standard InChI is InChI=1S/C44H79N3O4/c1-34-43(50)29-27-40(46(34)36(3)48)24-19-15-11-7-5-9-13-17-22-38-32-39(42-26-21-31-45(42)33-38)23-18-14-10-6-8-12-16-20-25-41-28-30-44(51)35(2)47(41)37(4)49/h32,34-35,39-44,50-51H,5-31,33H2,1-4H3/t34-,35-,39?,40+,41+,42?,43-,44-/m0/s1. The van der Waals surface area contributed by atoms with Crippen molar-refractivity contribution in [3.8, 4) is 0 Å². The maximum Gasteiger partial charge on any atom is 0.220 e. The Bertz CT molecular complexity index is 1050. The first-order valence-corrected chi connectivity index (χ1v) is 22.0. The summed E-state index contributed by atoms with van der Waals surface area (Å²) < 4.78 is 0. The summed E-state index contributed by atoms with van der Waals surface area (Å²) in [6.07, 6.45) is 34.3. The number of amides is 2. The van der Waals surface area contributed by atoms with Crippen LogP contribution in [0.5, 0.6) is 0 Å². The van der Waals surface area contributed by atoms with E-state index in [1.165, 1.54) is 142 Å². The first kappa shape index (κ1) is 42.3. The Kier molecular flexibility index (Phi) is 18.8. The zero-order valence-electron chi connectivity index (χ0n) is 33.5. The number of hydrogen-bond donors (Lipinski definition) is 2. The highest BCUT2D eigenvalue weighted by Crippen LogP contribution is 2.35. The topological polar surface area (TPSA) is 84.3 Å². The van der Waals surface area contributed by atoms with Crippen LogP contribution in [0.4, 0.5) is 0 Å². The maximum atomic E-state index is 12.2. The molecule has 0 aromatic heterocycles. The van der Waals surface area contributed by atoms with Crippen LogP contribution in [0.1, 0.15) is 195 Å². The third-order valence-corrected chi connectivity index (χ3v) is 13.5. The first-order chi connectivity index (χ1) is 24.7. The van der Waals surface area contributed by atoms with E-state index in [9.17, 15) is 19.8 Å². The maximum absolute atomic E-state index is 12.2.